The number of fused-ring (bicyclic) bond motifs is 4. The Morgan fingerprint density at radius 2 is 1.88 bits per heavy atom. The maximum absolute atomic E-state index is 10.8. The molecule has 0 radical (unpaired) electrons. The van der Waals surface area contributed by atoms with Gasteiger partial charge in [-0.05, 0) is 59.9 Å². The number of rotatable bonds is 2. The van der Waals surface area contributed by atoms with Crippen molar-refractivity contribution in [2.45, 2.75) is 50.5 Å². The molecule has 1 aliphatic heterocycles. The van der Waals surface area contributed by atoms with Crippen LogP contribution in [0.5, 0.6) is 5.75 Å². The number of nitrogens with two attached hydrogens (primary N) is 1. The summed E-state index contributed by atoms with van der Waals surface area (Å²) in [5.74, 6) is 0.467. The standard InChI is InChI=1S/C13H14O3.C9H11N/c14-12(15)7-9-2-1-8-3-4-11-10(13(8)9)5-6-16-11;10-9-6-5-7-3-1-2-4-8(7)9/h3-4,9H,1-2,5-7H2,(H,14,15);1-4,9H,5-6,10H2/t2*9-/m00/s1. The Labute approximate surface area is 154 Å². The minimum Gasteiger partial charge on any atom is -0.493 e. The van der Waals surface area contributed by atoms with Crippen LogP contribution in [0.4, 0.5) is 0 Å². The van der Waals surface area contributed by atoms with Gasteiger partial charge in [-0.15, -0.1) is 0 Å². The monoisotopic (exact) mass is 351 g/mol. The molecule has 0 fully saturated rings. The van der Waals surface area contributed by atoms with E-state index in [1.54, 1.807) is 0 Å². The van der Waals surface area contributed by atoms with Gasteiger partial charge in [0.1, 0.15) is 5.75 Å². The molecule has 136 valence electrons. The van der Waals surface area contributed by atoms with Crippen LogP contribution in [0.3, 0.4) is 0 Å². The average molecular weight is 351 g/mol. The zero-order valence-corrected chi connectivity index (χ0v) is 14.9. The fraction of sp³-hybridized carbons (Fsp3) is 0.409. The van der Waals surface area contributed by atoms with Crippen LogP contribution in [-0.2, 0) is 24.1 Å². The van der Waals surface area contributed by atoms with E-state index in [0.29, 0.717) is 6.04 Å². The first-order chi connectivity index (χ1) is 12.6. The number of benzene rings is 2. The molecule has 0 amide bonds. The zero-order chi connectivity index (χ0) is 18.1. The number of aryl methyl sites for hydroxylation is 2. The van der Waals surface area contributed by atoms with Gasteiger partial charge in [0.25, 0.3) is 0 Å². The van der Waals surface area contributed by atoms with Crippen molar-refractivity contribution >= 4 is 5.97 Å². The first-order valence-electron chi connectivity index (χ1n) is 9.46. The number of carbonyl (C=O) groups is 1. The number of carboxylic acids is 1. The van der Waals surface area contributed by atoms with Gasteiger partial charge >= 0.3 is 5.97 Å². The highest BCUT2D eigenvalue weighted by Gasteiger charge is 2.30. The Kier molecular flexibility index (Phi) is 4.68. The summed E-state index contributed by atoms with van der Waals surface area (Å²) in [6.45, 7) is 0.742. The smallest absolute Gasteiger partial charge is 0.303 e. The normalized spacial score (nSPS) is 21.9. The van der Waals surface area contributed by atoms with Crippen molar-refractivity contribution in [1.29, 1.82) is 0 Å². The average Bonchev–Trinajstić information content (AvgIpc) is 3.34. The summed E-state index contributed by atoms with van der Waals surface area (Å²) in [6, 6.07) is 12.9. The minimum absolute atomic E-state index is 0.198. The number of hydrogen-bond acceptors (Lipinski definition) is 3. The van der Waals surface area contributed by atoms with E-state index in [-0.39, 0.29) is 12.3 Å². The molecule has 26 heavy (non-hydrogen) atoms. The SMILES string of the molecule is N[C@H]1CCc2ccccc21.O=C(O)C[C@@H]1CCc2ccc3c(c21)CCO3. The molecule has 1 heterocycles. The quantitative estimate of drug-likeness (QED) is 0.864. The second kappa shape index (κ2) is 7.12. The Morgan fingerprint density at radius 1 is 1.08 bits per heavy atom. The van der Waals surface area contributed by atoms with Gasteiger partial charge in [0.2, 0.25) is 0 Å². The molecule has 0 saturated heterocycles. The van der Waals surface area contributed by atoms with Crippen molar-refractivity contribution in [3.63, 3.8) is 0 Å². The summed E-state index contributed by atoms with van der Waals surface area (Å²) >= 11 is 0. The number of hydrogen-bond donors (Lipinski definition) is 2. The predicted octanol–water partition coefficient (Wildman–Crippen LogP) is 3.76. The van der Waals surface area contributed by atoms with E-state index in [2.05, 4.69) is 30.3 Å². The molecule has 0 aromatic heterocycles. The number of ether oxygens (including phenoxy) is 1. The van der Waals surface area contributed by atoms with Crippen LogP contribution in [0, 0.1) is 0 Å². The fourth-order valence-corrected chi connectivity index (χ4v) is 4.56. The first-order valence-corrected chi connectivity index (χ1v) is 9.46. The minimum atomic E-state index is -0.700. The Balaban J connectivity index is 0.000000144. The third-order valence-corrected chi connectivity index (χ3v) is 5.78. The van der Waals surface area contributed by atoms with E-state index in [1.165, 1.54) is 27.8 Å². The number of aliphatic carboxylic acids is 1. The lowest BCUT2D eigenvalue weighted by Gasteiger charge is -2.12. The second-order valence-corrected chi connectivity index (χ2v) is 7.39. The van der Waals surface area contributed by atoms with Crippen molar-refractivity contribution in [3.8, 4) is 5.75 Å². The van der Waals surface area contributed by atoms with Crippen LogP contribution >= 0.6 is 0 Å². The zero-order valence-electron chi connectivity index (χ0n) is 14.9. The van der Waals surface area contributed by atoms with Crippen molar-refractivity contribution in [1.82, 2.24) is 0 Å². The van der Waals surface area contributed by atoms with E-state index < -0.39 is 5.97 Å². The molecule has 2 atom stereocenters. The van der Waals surface area contributed by atoms with Crippen molar-refractivity contribution in [3.05, 3.63) is 64.2 Å². The number of carboxylic acid groups (broad SMARTS) is 1. The highest BCUT2D eigenvalue weighted by atomic mass is 16.5. The summed E-state index contributed by atoms with van der Waals surface area (Å²) in [4.78, 5) is 10.8. The Bertz CT molecular complexity index is 830. The van der Waals surface area contributed by atoms with E-state index in [0.717, 1.165) is 44.5 Å². The van der Waals surface area contributed by atoms with E-state index >= 15 is 0 Å². The lowest BCUT2D eigenvalue weighted by molar-refractivity contribution is -0.137. The molecule has 0 unspecified atom stereocenters. The molecule has 0 bridgehead atoms. The molecular weight excluding hydrogens is 326 g/mol. The van der Waals surface area contributed by atoms with Gasteiger partial charge in [-0.1, -0.05) is 30.3 Å². The maximum Gasteiger partial charge on any atom is 0.303 e. The molecule has 2 aliphatic carbocycles. The maximum atomic E-state index is 10.8. The summed E-state index contributed by atoms with van der Waals surface area (Å²) in [7, 11) is 0. The van der Waals surface area contributed by atoms with Crippen LogP contribution in [0.1, 0.15) is 59.0 Å². The van der Waals surface area contributed by atoms with Crippen LogP contribution < -0.4 is 10.5 Å². The third-order valence-electron chi connectivity index (χ3n) is 5.78. The second-order valence-electron chi connectivity index (χ2n) is 7.39. The molecule has 4 nitrogen and oxygen atoms in total. The van der Waals surface area contributed by atoms with E-state index in [1.807, 2.05) is 6.07 Å². The lowest BCUT2D eigenvalue weighted by atomic mass is 9.92. The molecule has 5 rings (SSSR count). The van der Waals surface area contributed by atoms with Gasteiger partial charge in [0.05, 0.1) is 13.0 Å². The summed E-state index contributed by atoms with van der Waals surface area (Å²) in [6.07, 6.45) is 5.47. The Hall–Kier alpha value is -2.33. The predicted molar refractivity (Wildman–Crippen MR) is 101 cm³/mol. The van der Waals surface area contributed by atoms with Gasteiger partial charge in [-0.25, -0.2) is 0 Å². The van der Waals surface area contributed by atoms with E-state index in [9.17, 15) is 4.79 Å². The topological polar surface area (TPSA) is 72.6 Å². The van der Waals surface area contributed by atoms with Crippen LogP contribution in [0.15, 0.2) is 36.4 Å². The summed E-state index contributed by atoms with van der Waals surface area (Å²) < 4.78 is 5.53. The van der Waals surface area contributed by atoms with Crippen LogP contribution in [0.25, 0.3) is 0 Å². The van der Waals surface area contributed by atoms with Gasteiger partial charge in [0, 0.05) is 18.0 Å². The molecule has 0 spiro atoms. The van der Waals surface area contributed by atoms with Crippen molar-refractivity contribution in [2.24, 2.45) is 5.73 Å². The molecule has 0 saturated carbocycles. The molecule has 2 aromatic rings. The highest BCUT2D eigenvalue weighted by molar-refractivity contribution is 5.69. The van der Waals surface area contributed by atoms with Crippen molar-refractivity contribution in [2.75, 3.05) is 6.61 Å². The molecule has 4 heteroatoms. The Morgan fingerprint density at radius 3 is 2.69 bits per heavy atom. The van der Waals surface area contributed by atoms with Gasteiger partial charge in [0.15, 0.2) is 0 Å². The third kappa shape index (κ3) is 3.21. The summed E-state index contributed by atoms with van der Waals surface area (Å²) in [5.41, 5.74) is 12.5. The lowest BCUT2D eigenvalue weighted by Crippen LogP contribution is -2.05. The van der Waals surface area contributed by atoms with Gasteiger partial charge in [-0.3, -0.25) is 4.79 Å². The summed E-state index contributed by atoms with van der Waals surface area (Å²) in [5, 5.41) is 8.92. The largest absolute Gasteiger partial charge is 0.493 e. The van der Waals surface area contributed by atoms with Crippen molar-refractivity contribution < 1.29 is 14.6 Å². The van der Waals surface area contributed by atoms with Gasteiger partial charge < -0.3 is 15.6 Å². The van der Waals surface area contributed by atoms with E-state index in [4.69, 9.17) is 15.6 Å². The van der Waals surface area contributed by atoms with Crippen LogP contribution in [0.2, 0.25) is 0 Å². The first kappa shape index (κ1) is 17.1. The molecule has 2 aromatic carbocycles. The highest BCUT2D eigenvalue weighted by Crippen LogP contribution is 2.43. The van der Waals surface area contributed by atoms with Gasteiger partial charge in [-0.2, -0.15) is 0 Å². The molecule has 3 N–H and O–H groups in total. The molecular formula is C22H25NO3. The fourth-order valence-electron chi connectivity index (χ4n) is 4.56. The molecule has 3 aliphatic rings. The van der Waals surface area contributed by atoms with Crippen LogP contribution in [-0.4, -0.2) is 17.7 Å².